The number of hydrogen-bond donors (Lipinski definition) is 1. The number of benzene rings is 2. The highest BCUT2D eigenvalue weighted by Gasteiger charge is 2.27. The molecule has 1 heterocycles. The Hall–Kier alpha value is -2.28. The number of thioether (sulfide) groups is 1. The molecule has 0 spiro atoms. The van der Waals surface area contributed by atoms with E-state index in [0.29, 0.717) is 6.42 Å². The van der Waals surface area contributed by atoms with E-state index in [0.717, 1.165) is 10.5 Å². The molecular weight excluding hydrogens is 348 g/mol. The molecule has 1 amide bonds. The lowest BCUT2D eigenvalue weighted by molar-refractivity contribution is -0.120. The predicted octanol–water partition coefficient (Wildman–Crippen LogP) is 3.63. The van der Waals surface area contributed by atoms with E-state index in [1.54, 1.807) is 23.9 Å². The number of carbonyl (C=O) groups is 1. The molecule has 0 fully saturated rings. The smallest absolute Gasteiger partial charge is 0.387 e. The van der Waals surface area contributed by atoms with Gasteiger partial charge in [-0.05, 0) is 35.7 Å². The number of amides is 1. The summed E-state index contributed by atoms with van der Waals surface area (Å²) < 4.78 is 34.1. The van der Waals surface area contributed by atoms with Gasteiger partial charge < -0.3 is 14.8 Å². The molecule has 2 aromatic rings. The largest absolute Gasteiger partial charge is 0.493 e. The molecule has 0 radical (unpaired) electrons. The van der Waals surface area contributed by atoms with Gasteiger partial charge in [-0.15, -0.1) is 11.8 Å². The van der Waals surface area contributed by atoms with Crippen LogP contribution in [-0.4, -0.2) is 24.9 Å². The van der Waals surface area contributed by atoms with Gasteiger partial charge in [0.2, 0.25) is 5.91 Å². The van der Waals surface area contributed by atoms with Crippen LogP contribution in [0.15, 0.2) is 47.4 Å². The molecule has 0 aliphatic carbocycles. The molecule has 4 nitrogen and oxygen atoms in total. The Labute approximate surface area is 148 Å². The Morgan fingerprint density at radius 3 is 2.80 bits per heavy atom. The summed E-state index contributed by atoms with van der Waals surface area (Å²) in [5, 5.41) is 2.73. The van der Waals surface area contributed by atoms with Crippen LogP contribution in [0.1, 0.15) is 11.1 Å². The van der Waals surface area contributed by atoms with Crippen molar-refractivity contribution in [3.05, 3.63) is 53.6 Å². The van der Waals surface area contributed by atoms with Gasteiger partial charge >= 0.3 is 6.61 Å². The molecule has 25 heavy (non-hydrogen) atoms. The van der Waals surface area contributed by atoms with Gasteiger partial charge in [-0.3, -0.25) is 4.79 Å². The topological polar surface area (TPSA) is 47.6 Å². The van der Waals surface area contributed by atoms with Crippen LogP contribution in [0.5, 0.6) is 11.5 Å². The van der Waals surface area contributed by atoms with Crippen LogP contribution < -0.4 is 14.8 Å². The lowest BCUT2D eigenvalue weighted by atomic mass is 10.1. The fraction of sp³-hybridized carbons (Fsp3) is 0.278. The molecule has 1 atom stereocenters. The molecule has 2 aromatic carbocycles. The molecule has 1 unspecified atom stereocenters. The highest BCUT2D eigenvalue weighted by atomic mass is 32.2. The first-order chi connectivity index (χ1) is 12.1. The number of methoxy groups -OCH3 is 1. The first-order valence-corrected chi connectivity index (χ1v) is 8.59. The molecule has 0 aromatic heterocycles. The second-order valence-electron chi connectivity index (χ2n) is 5.50. The van der Waals surface area contributed by atoms with Crippen molar-refractivity contribution in [1.29, 1.82) is 0 Å². The van der Waals surface area contributed by atoms with Crippen LogP contribution in [0.2, 0.25) is 0 Å². The van der Waals surface area contributed by atoms with E-state index in [1.165, 1.54) is 18.7 Å². The molecule has 132 valence electrons. The van der Waals surface area contributed by atoms with Gasteiger partial charge in [-0.2, -0.15) is 8.78 Å². The minimum Gasteiger partial charge on any atom is -0.493 e. The van der Waals surface area contributed by atoms with Crippen molar-refractivity contribution in [3.8, 4) is 11.5 Å². The zero-order valence-corrected chi connectivity index (χ0v) is 14.3. The van der Waals surface area contributed by atoms with Crippen molar-refractivity contribution in [2.75, 3.05) is 7.11 Å². The lowest BCUT2D eigenvalue weighted by Gasteiger charge is -2.13. The minimum atomic E-state index is -2.92. The van der Waals surface area contributed by atoms with E-state index >= 15 is 0 Å². The van der Waals surface area contributed by atoms with Gasteiger partial charge in [0.1, 0.15) is 0 Å². The van der Waals surface area contributed by atoms with Gasteiger partial charge in [0.15, 0.2) is 11.5 Å². The SMILES string of the molecule is COc1cc(CNC(=O)C2Cc3ccccc3S2)ccc1OC(F)F. The van der Waals surface area contributed by atoms with E-state index < -0.39 is 6.61 Å². The normalized spacial score (nSPS) is 15.8. The second kappa shape index (κ2) is 7.74. The Bertz CT molecular complexity index is 745. The van der Waals surface area contributed by atoms with Crippen LogP contribution in [0.3, 0.4) is 0 Å². The zero-order valence-electron chi connectivity index (χ0n) is 13.5. The molecule has 3 rings (SSSR count). The molecule has 1 aliphatic rings. The van der Waals surface area contributed by atoms with Gasteiger partial charge in [0.05, 0.1) is 12.4 Å². The maximum atomic E-state index is 12.4. The van der Waals surface area contributed by atoms with Crippen LogP contribution >= 0.6 is 11.8 Å². The number of nitrogens with one attached hydrogen (secondary N) is 1. The van der Waals surface area contributed by atoms with Crippen molar-refractivity contribution in [1.82, 2.24) is 5.32 Å². The Morgan fingerprint density at radius 1 is 1.28 bits per heavy atom. The summed E-state index contributed by atoms with van der Waals surface area (Å²) in [5.74, 6) is 0.122. The van der Waals surface area contributed by atoms with Crippen LogP contribution in [0.4, 0.5) is 8.78 Å². The summed E-state index contributed by atoms with van der Waals surface area (Å²) in [6, 6.07) is 12.6. The van der Waals surface area contributed by atoms with E-state index in [-0.39, 0.29) is 29.2 Å². The number of rotatable bonds is 6. The fourth-order valence-electron chi connectivity index (χ4n) is 2.65. The summed E-state index contributed by atoms with van der Waals surface area (Å²) >= 11 is 1.56. The van der Waals surface area contributed by atoms with Gasteiger partial charge in [0.25, 0.3) is 0 Å². The quantitative estimate of drug-likeness (QED) is 0.849. The third-order valence-corrected chi connectivity index (χ3v) is 5.17. The molecule has 0 saturated carbocycles. The Morgan fingerprint density at radius 2 is 2.08 bits per heavy atom. The van der Waals surface area contributed by atoms with Crippen LogP contribution in [0, 0.1) is 0 Å². The zero-order chi connectivity index (χ0) is 17.8. The summed E-state index contributed by atoms with van der Waals surface area (Å²) in [6.45, 7) is -2.63. The first-order valence-electron chi connectivity index (χ1n) is 7.71. The summed E-state index contributed by atoms with van der Waals surface area (Å²) in [7, 11) is 1.38. The van der Waals surface area contributed by atoms with Crippen molar-refractivity contribution >= 4 is 17.7 Å². The second-order valence-corrected chi connectivity index (χ2v) is 6.74. The van der Waals surface area contributed by atoms with Crippen molar-refractivity contribution in [3.63, 3.8) is 0 Å². The number of alkyl halides is 2. The maximum Gasteiger partial charge on any atom is 0.387 e. The van der Waals surface area contributed by atoms with E-state index in [4.69, 9.17) is 4.74 Å². The highest BCUT2D eigenvalue weighted by Crippen LogP contribution is 2.36. The molecule has 0 saturated heterocycles. The van der Waals surface area contributed by atoms with Crippen molar-refractivity contribution in [2.24, 2.45) is 0 Å². The van der Waals surface area contributed by atoms with E-state index in [1.807, 2.05) is 24.3 Å². The number of fused-ring (bicyclic) bond motifs is 1. The van der Waals surface area contributed by atoms with E-state index in [2.05, 4.69) is 10.1 Å². The molecule has 0 bridgehead atoms. The average Bonchev–Trinajstić information content (AvgIpc) is 3.04. The Balaban J connectivity index is 1.59. The molecular formula is C18H17F2NO3S. The summed E-state index contributed by atoms with van der Waals surface area (Å²) in [6.07, 6.45) is 0.706. The van der Waals surface area contributed by atoms with Crippen LogP contribution in [-0.2, 0) is 17.8 Å². The minimum absolute atomic E-state index is 0.0330. The standard InChI is InChI=1S/C18H17F2NO3S/c1-23-14-8-11(6-7-13(14)24-18(19)20)10-21-17(22)16-9-12-4-2-3-5-15(12)25-16/h2-8,16,18H,9-10H2,1H3,(H,21,22). The van der Waals surface area contributed by atoms with E-state index in [9.17, 15) is 13.6 Å². The van der Waals surface area contributed by atoms with Gasteiger partial charge in [0, 0.05) is 11.4 Å². The van der Waals surface area contributed by atoms with Gasteiger partial charge in [-0.25, -0.2) is 0 Å². The Kier molecular flexibility index (Phi) is 5.43. The fourth-order valence-corrected chi connectivity index (χ4v) is 3.87. The first kappa shape index (κ1) is 17.5. The predicted molar refractivity (Wildman–Crippen MR) is 91.3 cm³/mol. The number of ether oxygens (including phenoxy) is 2. The van der Waals surface area contributed by atoms with Crippen molar-refractivity contribution < 1.29 is 23.0 Å². The summed E-state index contributed by atoms with van der Waals surface area (Å²) in [4.78, 5) is 13.5. The molecule has 1 N–H and O–H groups in total. The lowest BCUT2D eigenvalue weighted by Crippen LogP contribution is -2.32. The third-order valence-electron chi connectivity index (χ3n) is 3.85. The number of hydrogen-bond acceptors (Lipinski definition) is 4. The highest BCUT2D eigenvalue weighted by molar-refractivity contribution is 8.01. The number of carbonyl (C=O) groups excluding carboxylic acids is 1. The molecule has 7 heteroatoms. The monoisotopic (exact) mass is 365 g/mol. The maximum absolute atomic E-state index is 12.4. The van der Waals surface area contributed by atoms with Crippen molar-refractivity contribution in [2.45, 2.75) is 29.7 Å². The van der Waals surface area contributed by atoms with Crippen LogP contribution in [0.25, 0.3) is 0 Å². The molecule has 1 aliphatic heterocycles. The average molecular weight is 365 g/mol. The summed E-state index contributed by atoms with van der Waals surface area (Å²) in [5.41, 5.74) is 1.93. The number of halogens is 2. The third kappa shape index (κ3) is 4.22. The van der Waals surface area contributed by atoms with Gasteiger partial charge in [-0.1, -0.05) is 24.3 Å².